The molecule has 1 nitrogen and oxygen atoms in total. The molecular weight excluding hydrogens is 242 g/mol. The monoisotopic (exact) mass is 267 g/mol. The summed E-state index contributed by atoms with van der Waals surface area (Å²) in [5.41, 5.74) is 10.2. The number of nitrogens with two attached hydrogens (primary N) is 1. The lowest BCUT2D eigenvalue weighted by Gasteiger charge is -2.21. The zero-order valence-electron chi connectivity index (χ0n) is 12.8. The lowest BCUT2D eigenvalue weighted by molar-refractivity contribution is 0.589. The van der Waals surface area contributed by atoms with Crippen LogP contribution in [0.3, 0.4) is 0 Å². The van der Waals surface area contributed by atoms with Crippen LogP contribution in [0.2, 0.25) is 0 Å². The van der Waals surface area contributed by atoms with E-state index in [0.717, 1.165) is 6.42 Å². The first-order chi connectivity index (χ1) is 9.50. The Bertz CT molecular complexity index is 520. The van der Waals surface area contributed by atoms with E-state index in [2.05, 4.69) is 75.4 Å². The number of rotatable bonds is 4. The van der Waals surface area contributed by atoms with Crippen molar-refractivity contribution in [2.45, 2.75) is 38.5 Å². The molecule has 1 unspecified atom stereocenters. The Kier molecular flexibility index (Phi) is 4.61. The highest BCUT2D eigenvalue weighted by Crippen LogP contribution is 2.25. The Hall–Kier alpha value is -1.60. The van der Waals surface area contributed by atoms with Gasteiger partial charge in [-0.25, -0.2) is 0 Å². The average molecular weight is 267 g/mol. The van der Waals surface area contributed by atoms with Gasteiger partial charge in [-0.1, -0.05) is 75.4 Å². The third-order valence-electron chi connectivity index (χ3n) is 3.86. The lowest BCUT2D eigenvalue weighted by Crippen LogP contribution is -2.16. The predicted molar refractivity (Wildman–Crippen MR) is 87.1 cm³/mol. The van der Waals surface area contributed by atoms with Crippen LogP contribution in [0.4, 0.5) is 0 Å². The molecule has 0 bridgehead atoms. The minimum atomic E-state index is 0.205. The van der Waals surface area contributed by atoms with Crippen molar-refractivity contribution in [2.75, 3.05) is 6.54 Å². The number of hydrogen-bond donors (Lipinski definition) is 1. The molecule has 0 radical (unpaired) electrons. The van der Waals surface area contributed by atoms with Gasteiger partial charge in [0.05, 0.1) is 0 Å². The Labute approximate surface area is 122 Å². The minimum absolute atomic E-state index is 0.205. The highest BCUT2D eigenvalue weighted by molar-refractivity contribution is 5.31. The number of hydrogen-bond acceptors (Lipinski definition) is 1. The van der Waals surface area contributed by atoms with Crippen LogP contribution in [0.25, 0.3) is 0 Å². The third kappa shape index (κ3) is 3.71. The van der Waals surface area contributed by atoms with Crippen molar-refractivity contribution in [2.24, 2.45) is 5.73 Å². The second-order valence-corrected chi connectivity index (χ2v) is 6.49. The molecule has 2 aromatic rings. The second-order valence-electron chi connectivity index (χ2n) is 6.49. The fraction of sp³-hybridized carbons (Fsp3) is 0.368. The van der Waals surface area contributed by atoms with Gasteiger partial charge in [0, 0.05) is 5.92 Å². The van der Waals surface area contributed by atoms with Gasteiger partial charge < -0.3 is 5.73 Å². The standard InChI is InChI=1S/C19H25N/c1-19(2,3)18-11-9-16(10-12-18)17(14-20)13-15-7-5-4-6-8-15/h4-12,17H,13-14,20H2,1-3H3. The van der Waals surface area contributed by atoms with E-state index in [1.807, 2.05) is 0 Å². The highest BCUT2D eigenvalue weighted by Gasteiger charge is 2.15. The fourth-order valence-electron chi connectivity index (χ4n) is 2.49. The van der Waals surface area contributed by atoms with Crippen LogP contribution < -0.4 is 5.73 Å². The first kappa shape index (κ1) is 14.8. The normalized spacial score (nSPS) is 13.2. The van der Waals surface area contributed by atoms with Crippen LogP contribution in [0.1, 0.15) is 43.4 Å². The molecule has 0 aliphatic carbocycles. The topological polar surface area (TPSA) is 26.0 Å². The van der Waals surface area contributed by atoms with Crippen LogP contribution in [0.15, 0.2) is 54.6 Å². The van der Waals surface area contributed by atoms with E-state index in [-0.39, 0.29) is 5.41 Å². The lowest BCUT2D eigenvalue weighted by atomic mass is 9.84. The van der Waals surface area contributed by atoms with Crippen LogP contribution in [-0.4, -0.2) is 6.54 Å². The molecule has 0 aliphatic heterocycles. The van der Waals surface area contributed by atoms with Gasteiger partial charge >= 0.3 is 0 Å². The summed E-state index contributed by atoms with van der Waals surface area (Å²) in [6, 6.07) is 19.5. The maximum Gasteiger partial charge on any atom is 0.000157 e. The molecule has 0 aliphatic rings. The van der Waals surface area contributed by atoms with Gasteiger partial charge in [-0.2, -0.15) is 0 Å². The quantitative estimate of drug-likeness (QED) is 0.879. The van der Waals surface area contributed by atoms with Gasteiger partial charge in [-0.15, -0.1) is 0 Å². The van der Waals surface area contributed by atoms with Crippen LogP contribution >= 0.6 is 0 Å². The van der Waals surface area contributed by atoms with Gasteiger partial charge in [0.2, 0.25) is 0 Å². The van der Waals surface area contributed by atoms with Gasteiger partial charge in [0.25, 0.3) is 0 Å². The average Bonchev–Trinajstić information content (AvgIpc) is 2.45. The van der Waals surface area contributed by atoms with Crippen molar-refractivity contribution in [3.63, 3.8) is 0 Å². The summed E-state index contributed by atoms with van der Waals surface area (Å²) in [5.74, 6) is 0.395. The first-order valence-corrected chi connectivity index (χ1v) is 7.35. The Morgan fingerprint density at radius 2 is 1.50 bits per heavy atom. The molecule has 2 N–H and O–H groups in total. The van der Waals surface area contributed by atoms with Crippen LogP contribution in [-0.2, 0) is 11.8 Å². The van der Waals surface area contributed by atoms with Gasteiger partial charge in [0.1, 0.15) is 0 Å². The van der Waals surface area contributed by atoms with E-state index < -0.39 is 0 Å². The number of benzene rings is 2. The summed E-state index contributed by atoms with van der Waals surface area (Å²) in [5, 5.41) is 0. The van der Waals surface area contributed by atoms with Crippen molar-refractivity contribution in [3.05, 3.63) is 71.3 Å². The predicted octanol–water partition coefficient (Wildman–Crippen LogP) is 4.27. The highest BCUT2D eigenvalue weighted by atomic mass is 14.5. The minimum Gasteiger partial charge on any atom is -0.330 e. The van der Waals surface area contributed by atoms with Gasteiger partial charge in [-0.05, 0) is 35.1 Å². The molecule has 0 spiro atoms. The summed E-state index contributed by atoms with van der Waals surface area (Å²) in [4.78, 5) is 0. The van der Waals surface area contributed by atoms with Crippen molar-refractivity contribution in [3.8, 4) is 0 Å². The molecule has 2 rings (SSSR count). The summed E-state index contributed by atoms with van der Waals surface area (Å²) >= 11 is 0. The molecular formula is C19H25N. The van der Waals surface area contributed by atoms with Crippen molar-refractivity contribution in [1.29, 1.82) is 0 Å². The molecule has 0 heterocycles. The van der Waals surface area contributed by atoms with E-state index in [0.29, 0.717) is 12.5 Å². The zero-order valence-corrected chi connectivity index (χ0v) is 12.8. The fourth-order valence-corrected chi connectivity index (χ4v) is 2.49. The SMILES string of the molecule is CC(C)(C)c1ccc(C(CN)Cc2ccccc2)cc1. The van der Waals surface area contributed by atoms with Gasteiger partial charge in [-0.3, -0.25) is 0 Å². The van der Waals surface area contributed by atoms with Crippen molar-refractivity contribution >= 4 is 0 Å². The molecule has 0 amide bonds. The third-order valence-corrected chi connectivity index (χ3v) is 3.86. The van der Waals surface area contributed by atoms with E-state index in [1.165, 1.54) is 16.7 Å². The summed E-state index contributed by atoms with van der Waals surface area (Å²) in [7, 11) is 0. The molecule has 0 aromatic heterocycles. The van der Waals surface area contributed by atoms with E-state index >= 15 is 0 Å². The molecule has 0 fully saturated rings. The Balaban J connectivity index is 2.16. The maximum atomic E-state index is 5.98. The molecule has 1 atom stereocenters. The molecule has 1 heteroatoms. The van der Waals surface area contributed by atoms with E-state index in [1.54, 1.807) is 0 Å². The summed E-state index contributed by atoms with van der Waals surface area (Å²) in [6.45, 7) is 7.41. The maximum absolute atomic E-state index is 5.98. The molecule has 20 heavy (non-hydrogen) atoms. The van der Waals surface area contributed by atoms with E-state index in [4.69, 9.17) is 5.73 Å². The van der Waals surface area contributed by atoms with Crippen molar-refractivity contribution < 1.29 is 0 Å². The van der Waals surface area contributed by atoms with Crippen LogP contribution in [0.5, 0.6) is 0 Å². The first-order valence-electron chi connectivity index (χ1n) is 7.35. The van der Waals surface area contributed by atoms with E-state index in [9.17, 15) is 0 Å². The summed E-state index contributed by atoms with van der Waals surface area (Å²) in [6.07, 6.45) is 1.01. The summed E-state index contributed by atoms with van der Waals surface area (Å²) < 4.78 is 0. The van der Waals surface area contributed by atoms with Crippen molar-refractivity contribution in [1.82, 2.24) is 0 Å². The zero-order chi connectivity index (χ0) is 14.6. The molecule has 2 aromatic carbocycles. The van der Waals surface area contributed by atoms with Gasteiger partial charge in [0.15, 0.2) is 0 Å². The largest absolute Gasteiger partial charge is 0.330 e. The van der Waals surface area contributed by atoms with Crippen LogP contribution in [0, 0.1) is 0 Å². The molecule has 0 saturated carbocycles. The molecule has 106 valence electrons. The second kappa shape index (κ2) is 6.23. The smallest absolute Gasteiger partial charge is 0.000157 e. The Morgan fingerprint density at radius 1 is 0.900 bits per heavy atom. The molecule has 0 saturated heterocycles. The Morgan fingerprint density at radius 3 is 2.00 bits per heavy atom.